The number of aliphatic hydroxyl groups excluding tert-OH is 1. The Morgan fingerprint density at radius 2 is 1.71 bits per heavy atom. The van der Waals surface area contributed by atoms with E-state index < -0.39 is 62.4 Å². The first kappa shape index (κ1) is 38.4. The third-order valence-electron chi connectivity index (χ3n) is 7.91. The van der Waals surface area contributed by atoms with E-state index in [4.69, 9.17) is 30.9 Å². The Morgan fingerprint density at radius 1 is 1.14 bits per heavy atom. The molecule has 0 bridgehead atoms. The molecule has 18 heteroatoms. The summed E-state index contributed by atoms with van der Waals surface area (Å²) in [5.41, 5.74) is 3.53. The van der Waals surface area contributed by atoms with Gasteiger partial charge in [0.25, 0.3) is 0 Å². The van der Waals surface area contributed by atoms with E-state index >= 15 is 4.39 Å². The fourth-order valence-electron chi connectivity index (χ4n) is 5.47. The van der Waals surface area contributed by atoms with Crippen LogP contribution in [0, 0.1) is 24.2 Å². The van der Waals surface area contributed by atoms with Crippen LogP contribution in [0.4, 0.5) is 16.2 Å². The quantitative estimate of drug-likeness (QED) is 0.0855. The van der Waals surface area contributed by atoms with E-state index in [0.717, 1.165) is 12.8 Å². The lowest BCUT2D eigenvalue weighted by Crippen LogP contribution is -2.46. The average Bonchev–Trinajstić information content (AvgIpc) is 3.69. The van der Waals surface area contributed by atoms with Crippen LogP contribution in [0.2, 0.25) is 0 Å². The molecule has 6 N–H and O–H groups in total. The maximum Gasteiger partial charge on any atom is 0.342 e. The van der Waals surface area contributed by atoms with Gasteiger partial charge in [-0.3, -0.25) is 18.7 Å². The van der Waals surface area contributed by atoms with Gasteiger partial charge in [0.05, 0.1) is 26.1 Å². The van der Waals surface area contributed by atoms with Crippen LogP contribution in [-0.2, 0) is 32.9 Å². The molecule has 2 fully saturated rings. The van der Waals surface area contributed by atoms with Crippen LogP contribution in [0.15, 0.2) is 6.33 Å². The second-order valence-electron chi connectivity index (χ2n) is 13.0. The van der Waals surface area contributed by atoms with E-state index in [1.54, 1.807) is 13.8 Å². The molecule has 16 nitrogen and oxygen atoms in total. The molecule has 3 heterocycles. The van der Waals surface area contributed by atoms with Crippen molar-refractivity contribution < 1.29 is 42.4 Å². The number of nitrogens with two attached hydrogens (primary N) is 1. The number of anilines is 2. The maximum atomic E-state index is 16.5. The molecule has 1 aliphatic heterocycles. The molecule has 6 atom stereocenters. The van der Waals surface area contributed by atoms with Gasteiger partial charge in [-0.15, -0.1) is 6.42 Å². The molecule has 0 amide bonds. The molecule has 2 aliphatic rings. The molecule has 2 aromatic heterocycles. The summed E-state index contributed by atoms with van der Waals surface area (Å²) < 4.78 is 54.6. The average molecular weight is 711 g/mol. The smallest absolute Gasteiger partial charge is 0.342 e. The van der Waals surface area contributed by atoms with Gasteiger partial charge in [0.1, 0.15) is 24.3 Å². The molecule has 0 aromatic carbocycles. The lowest BCUT2D eigenvalue weighted by Gasteiger charge is -2.30. The highest BCUT2D eigenvalue weighted by Gasteiger charge is 2.58. The number of fused-ring (bicyclic) bond motifs is 1. The van der Waals surface area contributed by atoms with Gasteiger partial charge in [-0.05, 0) is 51.4 Å². The van der Waals surface area contributed by atoms with Gasteiger partial charge in [-0.2, -0.15) is 9.97 Å². The van der Waals surface area contributed by atoms with Crippen LogP contribution in [0.25, 0.3) is 11.2 Å². The lowest BCUT2D eigenvalue weighted by atomic mass is 9.97. The summed E-state index contributed by atoms with van der Waals surface area (Å²) >= 11 is 0. The molecule has 1 saturated carbocycles. The van der Waals surface area contributed by atoms with Crippen molar-refractivity contribution in [1.82, 2.24) is 29.7 Å². The lowest BCUT2D eigenvalue weighted by molar-refractivity contribution is -0.146. The zero-order valence-corrected chi connectivity index (χ0v) is 29.6. The SMILES string of the molecule is C#CC1(F)C(O)C(COP(=O)(NC(CC(C)C)C(=O)OCC)NC(CC(C)C)C(=O)OCC)OC1n1cnc2c(NC3CC3)nc(N)nc21. The standard InChI is InChI=1S/C31H48FN8O8P/c1-8-31(32)24(41)22(48-29(31)40-16-34-23-25(35-19-11-12-19)36-30(33)37-26(23)40)15-47-49(44,38-20(13-17(4)5)27(42)45-9-2)39-21(14-18(6)7)28(43)46-10-3/h1,16-22,24,29,41H,9-15H2,2-7H3,(H2,38,39,44)(H3,33,35,36,37). The number of carbonyl (C=O) groups excluding carboxylic acids is 2. The van der Waals surface area contributed by atoms with E-state index in [9.17, 15) is 19.3 Å². The number of imidazole rings is 1. The van der Waals surface area contributed by atoms with Gasteiger partial charge < -0.3 is 34.9 Å². The molecule has 0 radical (unpaired) electrons. The summed E-state index contributed by atoms with van der Waals surface area (Å²) in [4.78, 5) is 38.7. The van der Waals surface area contributed by atoms with Gasteiger partial charge in [0.2, 0.25) is 11.6 Å². The van der Waals surface area contributed by atoms with Crippen molar-refractivity contribution in [3.05, 3.63) is 6.33 Å². The Morgan fingerprint density at radius 3 is 2.20 bits per heavy atom. The van der Waals surface area contributed by atoms with E-state index in [-0.39, 0.29) is 55.5 Å². The number of aromatic nitrogens is 4. The fraction of sp³-hybridized carbons (Fsp3) is 0.710. The van der Waals surface area contributed by atoms with E-state index in [1.807, 2.05) is 33.6 Å². The highest BCUT2D eigenvalue weighted by molar-refractivity contribution is 7.54. The molecule has 1 aliphatic carbocycles. The zero-order valence-electron chi connectivity index (χ0n) is 28.7. The summed E-state index contributed by atoms with van der Waals surface area (Å²) in [7, 11) is -4.40. The zero-order chi connectivity index (χ0) is 36.1. The predicted molar refractivity (Wildman–Crippen MR) is 179 cm³/mol. The Hall–Kier alpha value is -3.39. The summed E-state index contributed by atoms with van der Waals surface area (Å²) in [6, 6.07) is -2.03. The first-order valence-corrected chi connectivity index (χ1v) is 18.2. The molecule has 2 aromatic rings. The minimum Gasteiger partial charge on any atom is -0.465 e. The number of nitrogen functional groups attached to an aromatic ring is 1. The topological polar surface area (TPSA) is 214 Å². The van der Waals surface area contributed by atoms with Crippen LogP contribution in [0.5, 0.6) is 0 Å². The molecule has 1 saturated heterocycles. The normalized spacial score (nSPS) is 24.8. The second-order valence-corrected chi connectivity index (χ2v) is 14.9. The maximum absolute atomic E-state index is 16.5. The number of alkyl halides is 1. The van der Waals surface area contributed by atoms with Crippen molar-refractivity contribution >= 4 is 42.5 Å². The largest absolute Gasteiger partial charge is 0.465 e. The second kappa shape index (κ2) is 16.1. The summed E-state index contributed by atoms with van der Waals surface area (Å²) in [5, 5.41) is 19.9. The summed E-state index contributed by atoms with van der Waals surface area (Å²) in [6.07, 6.45) is 4.06. The number of esters is 2. The van der Waals surface area contributed by atoms with Crippen LogP contribution in [-0.4, -0.2) is 92.4 Å². The Balaban J connectivity index is 1.65. The molecular weight excluding hydrogens is 662 g/mol. The first-order valence-electron chi connectivity index (χ1n) is 16.5. The third kappa shape index (κ3) is 9.24. The number of hydrogen-bond acceptors (Lipinski definition) is 13. The van der Waals surface area contributed by atoms with Gasteiger partial charge >= 0.3 is 19.6 Å². The minimum absolute atomic E-state index is 0.0433. The molecule has 0 spiro atoms. The van der Waals surface area contributed by atoms with Crippen molar-refractivity contribution in [3.8, 4) is 12.3 Å². The van der Waals surface area contributed by atoms with Crippen LogP contribution in [0.1, 0.15) is 73.5 Å². The number of aliphatic hydroxyl groups is 1. The van der Waals surface area contributed by atoms with Crippen LogP contribution in [0.3, 0.4) is 0 Å². The highest BCUT2D eigenvalue weighted by atomic mass is 31.2. The Bertz CT molecular complexity index is 1530. The number of rotatable bonds is 18. The molecule has 6 unspecified atom stereocenters. The van der Waals surface area contributed by atoms with E-state index in [0.29, 0.717) is 11.3 Å². The third-order valence-corrected chi connectivity index (χ3v) is 9.72. The number of halogens is 1. The first-order chi connectivity index (χ1) is 23.1. The molecule has 49 heavy (non-hydrogen) atoms. The number of ether oxygens (including phenoxy) is 3. The number of terminal acetylenes is 1. The van der Waals surface area contributed by atoms with Crippen molar-refractivity contribution in [2.24, 2.45) is 11.8 Å². The van der Waals surface area contributed by atoms with Crippen molar-refractivity contribution in [2.75, 3.05) is 30.9 Å². The van der Waals surface area contributed by atoms with Crippen molar-refractivity contribution in [3.63, 3.8) is 0 Å². The Kier molecular flexibility index (Phi) is 12.6. The van der Waals surface area contributed by atoms with Gasteiger partial charge in [-0.25, -0.2) is 19.5 Å². The summed E-state index contributed by atoms with van der Waals surface area (Å²) in [5.74, 6) is 0.800. The van der Waals surface area contributed by atoms with Crippen LogP contribution < -0.4 is 21.2 Å². The van der Waals surface area contributed by atoms with E-state index in [1.165, 1.54) is 10.9 Å². The number of nitrogens with zero attached hydrogens (tertiary/aromatic N) is 4. The predicted octanol–water partition coefficient (Wildman–Crippen LogP) is 2.84. The highest BCUT2D eigenvalue weighted by Crippen LogP contribution is 2.46. The van der Waals surface area contributed by atoms with Crippen LogP contribution >= 0.6 is 7.67 Å². The molecular formula is C31H48FN8O8P. The molecule has 4 rings (SSSR count). The van der Waals surface area contributed by atoms with Crippen molar-refractivity contribution in [2.45, 2.75) is 109 Å². The van der Waals surface area contributed by atoms with Gasteiger partial charge in [0, 0.05) is 6.04 Å². The monoisotopic (exact) mass is 710 g/mol. The molecule has 272 valence electrons. The van der Waals surface area contributed by atoms with Gasteiger partial charge in [-0.1, -0.05) is 33.6 Å². The number of nitrogens with one attached hydrogen (secondary N) is 3. The minimum atomic E-state index is -4.40. The van der Waals surface area contributed by atoms with E-state index in [2.05, 4.69) is 30.4 Å². The Labute approximate surface area is 285 Å². The van der Waals surface area contributed by atoms with Gasteiger partial charge in [0.15, 0.2) is 23.2 Å². The summed E-state index contributed by atoms with van der Waals surface area (Å²) in [6.45, 7) is 10.2. The number of carbonyl (C=O) groups is 2. The number of hydrogen-bond donors (Lipinski definition) is 5. The van der Waals surface area contributed by atoms with Crippen molar-refractivity contribution in [1.29, 1.82) is 0 Å². The fourth-order valence-corrected chi connectivity index (χ4v) is 7.29.